The second-order valence-electron chi connectivity index (χ2n) is 7.06. The van der Waals surface area contributed by atoms with Gasteiger partial charge in [-0.1, -0.05) is 6.42 Å². The van der Waals surface area contributed by atoms with Crippen molar-refractivity contribution in [2.24, 2.45) is 4.99 Å². The SMILES string of the molecule is Br.COc1ccc(OC)c(N(CC(=O)c2ccc(OC(F)F)cc2)C2=NCCCCC2)c1. The van der Waals surface area contributed by atoms with Crippen LogP contribution >= 0.6 is 17.0 Å². The summed E-state index contributed by atoms with van der Waals surface area (Å²) in [5.74, 6) is 1.87. The van der Waals surface area contributed by atoms with Gasteiger partial charge in [-0.25, -0.2) is 0 Å². The molecule has 0 saturated heterocycles. The Morgan fingerprint density at radius 2 is 1.75 bits per heavy atom. The lowest BCUT2D eigenvalue weighted by atomic mass is 10.1. The van der Waals surface area contributed by atoms with Crippen LogP contribution in [0.25, 0.3) is 0 Å². The smallest absolute Gasteiger partial charge is 0.387 e. The Morgan fingerprint density at radius 1 is 1.03 bits per heavy atom. The molecule has 0 fully saturated rings. The number of ketones is 1. The van der Waals surface area contributed by atoms with Gasteiger partial charge in [0, 0.05) is 24.6 Å². The number of aliphatic imine (C=N–C) groups is 1. The highest BCUT2D eigenvalue weighted by Gasteiger charge is 2.23. The van der Waals surface area contributed by atoms with Gasteiger partial charge in [0.2, 0.25) is 0 Å². The molecule has 0 spiro atoms. The lowest BCUT2D eigenvalue weighted by Gasteiger charge is -2.27. The Kier molecular flexibility index (Phi) is 9.90. The van der Waals surface area contributed by atoms with Crippen molar-refractivity contribution in [2.45, 2.75) is 32.3 Å². The van der Waals surface area contributed by atoms with E-state index in [-0.39, 0.29) is 35.1 Å². The number of alkyl halides is 2. The molecular formula is C23H27BrF2N2O4. The normalized spacial score (nSPS) is 13.5. The number of ether oxygens (including phenoxy) is 3. The molecule has 0 saturated carbocycles. The van der Waals surface area contributed by atoms with E-state index in [0.29, 0.717) is 29.3 Å². The number of methoxy groups -OCH3 is 2. The predicted octanol–water partition coefficient (Wildman–Crippen LogP) is 5.54. The number of hydrogen-bond acceptors (Lipinski definition) is 6. The summed E-state index contributed by atoms with van der Waals surface area (Å²) in [5, 5.41) is 0. The topological polar surface area (TPSA) is 60.4 Å². The molecule has 174 valence electrons. The van der Waals surface area contributed by atoms with Crippen molar-refractivity contribution in [2.75, 3.05) is 32.2 Å². The number of rotatable bonds is 8. The number of Topliss-reactive ketones (excluding diaryl/α,β-unsaturated/α-hetero) is 1. The molecule has 2 aromatic carbocycles. The van der Waals surface area contributed by atoms with Crippen molar-refractivity contribution in [1.29, 1.82) is 0 Å². The number of benzene rings is 2. The largest absolute Gasteiger partial charge is 0.497 e. The van der Waals surface area contributed by atoms with Gasteiger partial charge in [0.05, 0.1) is 26.5 Å². The van der Waals surface area contributed by atoms with Crippen LogP contribution in [0.15, 0.2) is 47.5 Å². The quantitative estimate of drug-likeness (QED) is 0.434. The first-order valence-electron chi connectivity index (χ1n) is 10.1. The van der Waals surface area contributed by atoms with Crippen LogP contribution in [0.1, 0.15) is 36.0 Å². The maximum absolute atomic E-state index is 13.1. The fourth-order valence-corrected chi connectivity index (χ4v) is 3.46. The van der Waals surface area contributed by atoms with Crippen LogP contribution < -0.4 is 19.1 Å². The first-order chi connectivity index (χ1) is 15.0. The third kappa shape index (κ3) is 6.66. The van der Waals surface area contributed by atoms with Crippen LogP contribution in [-0.2, 0) is 0 Å². The highest BCUT2D eigenvalue weighted by molar-refractivity contribution is 8.93. The molecule has 0 amide bonds. The van der Waals surface area contributed by atoms with E-state index in [2.05, 4.69) is 4.74 Å². The van der Waals surface area contributed by atoms with E-state index in [0.717, 1.165) is 31.5 Å². The van der Waals surface area contributed by atoms with Crippen LogP contribution in [0.5, 0.6) is 17.2 Å². The Bertz CT molecular complexity index is 923. The number of carbonyl (C=O) groups excluding carboxylic acids is 1. The van der Waals surface area contributed by atoms with E-state index in [1.807, 2.05) is 11.0 Å². The van der Waals surface area contributed by atoms with Gasteiger partial charge in [-0.15, -0.1) is 17.0 Å². The average molecular weight is 513 g/mol. The van der Waals surface area contributed by atoms with Gasteiger partial charge in [0.1, 0.15) is 23.1 Å². The van der Waals surface area contributed by atoms with Crippen molar-refractivity contribution >= 4 is 34.3 Å². The molecular weight excluding hydrogens is 486 g/mol. The number of carbonyl (C=O) groups is 1. The Labute approximate surface area is 196 Å². The molecule has 0 aromatic heterocycles. The zero-order valence-corrected chi connectivity index (χ0v) is 19.8. The van der Waals surface area contributed by atoms with Gasteiger partial charge in [0.25, 0.3) is 0 Å². The summed E-state index contributed by atoms with van der Waals surface area (Å²) in [4.78, 5) is 19.7. The monoisotopic (exact) mass is 512 g/mol. The van der Waals surface area contributed by atoms with Crippen molar-refractivity contribution in [3.05, 3.63) is 48.0 Å². The zero-order valence-electron chi connectivity index (χ0n) is 18.1. The van der Waals surface area contributed by atoms with E-state index < -0.39 is 6.61 Å². The maximum Gasteiger partial charge on any atom is 0.387 e. The number of anilines is 1. The van der Waals surface area contributed by atoms with Crippen LogP contribution in [0.4, 0.5) is 14.5 Å². The van der Waals surface area contributed by atoms with Crippen LogP contribution in [-0.4, -0.2) is 45.5 Å². The Balaban J connectivity index is 0.00000363. The van der Waals surface area contributed by atoms with Gasteiger partial charge in [-0.3, -0.25) is 9.79 Å². The molecule has 0 aliphatic carbocycles. The van der Waals surface area contributed by atoms with E-state index >= 15 is 0 Å². The molecule has 1 heterocycles. The number of halogens is 3. The molecule has 0 N–H and O–H groups in total. The van der Waals surface area contributed by atoms with Crippen LogP contribution in [0.3, 0.4) is 0 Å². The Morgan fingerprint density at radius 3 is 2.41 bits per heavy atom. The van der Waals surface area contributed by atoms with E-state index in [4.69, 9.17) is 14.5 Å². The summed E-state index contributed by atoms with van der Waals surface area (Å²) in [7, 11) is 3.15. The van der Waals surface area contributed by atoms with Crippen molar-refractivity contribution < 1.29 is 27.8 Å². The summed E-state index contributed by atoms with van der Waals surface area (Å²) < 4.78 is 40.0. The minimum absolute atomic E-state index is 0. The minimum Gasteiger partial charge on any atom is -0.497 e. The van der Waals surface area contributed by atoms with Gasteiger partial charge >= 0.3 is 6.61 Å². The van der Waals surface area contributed by atoms with Gasteiger partial charge in [0.15, 0.2) is 5.78 Å². The third-order valence-electron chi connectivity index (χ3n) is 5.04. The van der Waals surface area contributed by atoms with Crippen LogP contribution in [0.2, 0.25) is 0 Å². The number of nitrogens with zero attached hydrogens (tertiary/aromatic N) is 2. The maximum atomic E-state index is 13.1. The van der Waals surface area contributed by atoms with Crippen molar-refractivity contribution in [3.8, 4) is 17.2 Å². The lowest BCUT2D eigenvalue weighted by Crippen LogP contribution is -2.36. The third-order valence-corrected chi connectivity index (χ3v) is 5.04. The van der Waals surface area contributed by atoms with E-state index in [1.54, 1.807) is 26.4 Å². The Hall–Kier alpha value is -2.68. The molecule has 32 heavy (non-hydrogen) atoms. The highest BCUT2D eigenvalue weighted by atomic mass is 79.9. The summed E-state index contributed by atoms with van der Waals surface area (Å²) in [6, 6.07) is 11.1. The zero-order chi connectivity index (χ0) is 22.2. The molecule has 0 radical (unpaired) electrons. The second-order valence-corrected chi connectivity index (χ2v) is 7.06. The average Bonchev–Trinajstić information content (AvgIpc) is 3.06. The first-order valence-corrected chi connectivity index (χ1v) is 10.1. The standard InChI is InChI=1S/C23H26F2N2O4.BrH/c1-29-18-11-12-21(30-2)19(14-18)27(22-6-4-3-5-13-26-22)15-20(28)16-7-9-17(10-8-16)31-23(24)25;/h7-12,14,23H,3-6,13,15H2,1-2H3;1H. The molecule has 2 aromatic rings. The molecule has 3 rings (SSSR count). The molecule has 0 unspecified atom stereocenters. The van der Waals surface area contributed by atoms with Gasteiger partial charge in [-0.05, 0) is 49.2 Å². The van der Waals surface area contributed by atoms with E-state index in [9.17, 15) is 13.6 Å². The van der Waals surface area contributed by atoms with Gasteiger partial charge < -0.3 is 19.1 Å². The summed E-state index contributed by atoms with van der Waals surface area (Å²) in [6.45, 7) is -2.19. The highest BCUT2D eigenvalue weighted by Crippen LogP contribution is 2.34. The number of amidine groups is 1. The number of hydrogen-bond donors (Lipinski definition) is 0. The van der Waals surface area contributed by atoms with Crippen molar-refractivity contribution in [3.63, 3.8) is 0 Å². The summed E-state index contributed by atoms with van der Waals surface area (Å²) in [5.41, 5.74) is 1.08. The molecule has 0 atom stereocenters. The fraction of sp³-hybridized carbons (Fsp3) is 0.391. The molecule has 0 bridgehead atoms. The molecule has 1 aliphatic heterocycles. The minimum atomic E-state index is -2.91. The molecule has 6 nitrogen and oxygen atoms in total. The summed E-state index contributed by atoms with van der Waals surface area (Å²) in [6.07, 6.45) is 3.81. The van der Waals surface area contributed by atoms with Crippen molar-refractivity contribution in [1.82, 2.24) is 0 Å². The van der Waals surface area contributed by atoms with Crippen LogP contribution in [0, 0.1) is 0 Å². The van der Waals surface area contributed by atoms with Gasteiger partial charge in [-0.2, -0.15) is 8.78 Å². The molecule has 9 heteroatoms. The summed E-state index contributed by atoms with van der Waals surface area (Å²) >= 11 is 0. The predicted molar refractivity (Wildman–Crippen MR) is 125 cm³/mol. The second kappa shape index (κ2) is 12.4. The fourth-order valence-electron chi connectivity index (χ4n) is 3.46. The molecule has 1 aliphatic rings. The van der Waals surface area contributed by atoms with E-state index in [1.165, 1.54) is 24.3 Å². The lowest BCUT2D eigenvalue weighted by molar-refractivity contribution is -0.0498. The first kappa shape index (κ1) is 25.6.